The Morgan fingerprint density at radius 2 is 1.94 bits per heavy atom. The van der Waals surface area contributed by atoms with Crippen LogP contribution in [0.1, 0.15) is 0 Å². The van der Waals surface area contributed by atoms with Crippen LogP contribution in [0.2, 0.25) is 0 Å². The number of fused-ring (bicyclic) bond motifs is 1. The first-order valence-electron chi connectivity index (χ1n) is 4.83. The first-order chi connectivity index (χ1) is 7.86. The van der Waals surface area contributed by atoms with Gasteiger partial charge >= 0.3 is 17.8 Å². The Kier molecular flexibility index (Phi) is 2.23. The molecule has 0 saturated carbocycles. The van der Waals surface area contributed by atoms with Crippen LogP contribution in [-0.2, 0) is 9.59 Å². The minimum absolute atomic E-state index is 0.151. The summed E-state index contributed by atoms with van der Waals surface area (Å²) in [6, 6.07) is -1.36. The van der Waals surface area contributed by atoms with E-state index in [1.807, 2.05) is 0 Å². The first-order valence-corrected chi connectivity index (χ1v) is 4.83. The summed E-state index contributed by atoms with van der Waals surface area (Å²) in [4.78, 5) is 40.4. The minimum atomic E-state index is -1.23. The normalized spacial score (nSPS) is 24.2. The van der Waals surface area contributed by atoms with Gasteiger partial charge < -0.3 is 5.11 Å². The van der Waals surface area contributed by atoms with Crippen LogP contribution >= 0.6 is 0 Å². The van der Waals surface area contributed by atoms with E-state index < -0.39 is 23.9 Å². The average Bonchev–Trinajstić information content (AvgIpc) is 2.62. The number of carbonyl (C=O) groups excluding carboxylic acids is 2. The average molecular weight is 239 g/mol. The fourth-order valence-electron chi connectivity index (χ4n) is 1.88. The molecule has 0 radical (unpaired) electrons. The maximum Gasteiger partial charge on any atom is 0.423 e. The molecule has 90 valence electrons. The maximum absolute atomic E-state index is 11.9. The van der Waals surface area contributed by atoms with Crippen molar-refractivity contribution in [2.75, 3.05) is 21.1 Å². The van der Waals surface area contributed by atoms with Crippen molar-refractivity contribution < 1.29 is 24.1 Å². The third-order valence-corrected chi connectivity index (χ3v) is 2.86. The molecule has 17 heavy (non-hydrogen) atoms. The van der Waals surface area contributed by atoms with Gasteiger partial charge in [0.05, 0.1) is 7.05 Å². The molecule has 2 aliphatic heterocycles. The quantitative estimate of drug-likeness (QED) is 0.558. The predicted molar refractivity (Wildman–Crippen MR) is 56.0 cm³/mol. The second-order valence-corrected chi connectivity index (χ2v) is 3.85. The zero-order valence-electron chi connectivity index (χ0n) is 9.54. The molecule has 1 fully saturated rings. The van der Waals surface area contributed by atoms with Crippen LogP contribution in [0, 0.1) is 0 Å². The van der Waals surface area contributed by atoms with Gasteiger partial charge in [0, 0.05) is 14.1 Å². The van der Waals surface area contributed by atoms with Gasteiger partial charge in [-0.25, -0.2) is 14.2 Å². The summed E-state index contributed by atoms with van der Waals surface area (Å²) in [5, 5.41) is 8.92. The zero-order valence-corrected chi connectivity index (χ0v) is 9.54. The summed E-state index contributed by atoms with van der Waals surface area (Å²) in [7, 11) is 4.26. The molecule has 0 aromatic carbocycles. The number of hydrogen-bond donors (Lipinski definition) is 1. The van der Waals surface area contributed by atoms with Gasteiger partial charge in [0.25, 0.3) is 17.8 Å². The molecule has 8 heteroatoms. The van der Waals surface area contributed by atoms with Gasteiger partial charge in [-0.2, -0.15) is 0 Å². The number of urea groups is 1. The smallest absolute Gasteiger partial charge is 0.423 e. The van der Waals surface area contributed by atoms with Crippen molar-refractivity contribution in [2.45, 2.75) is 6.04 Å². The number of carbonyl (C=O) groups is 3. The third kappa shape index (κ3) is 1.33. The number of amidine groups is 2. The molecule has 0 bridgehead atoms. The molecule has 0 aromatic heterocycles. The zero-order chi connectivity index (χ0) is 12.9. The largest absolute Gasteiger partial charge is 0.472 e. The van der Waals surface area contributed by atoms with E-state index >= 15 is 0 Å². The summed E-state index contributed by atoms with van der Waals surface area (Å²) in [6.07, 6.45) is 0. The lowest BCUT2D eigenvalue weighted by Gasteiger charge is -2.29. The topological polar surface area (TPSA) is 93.3 Å². The number of hydrogen-bond acceptors (Lipinski definition) is 4. The summed E-state index contributed by atoms with van der Waals surface area (Å²) in [5.41, 5.74) is 0. The molecule has 1 unspecified atom stereocenters. The Morgan fingerprint density at radius 3 is 2.47 bits per heavy atom. The second-order valence-electron chi connectivity index (χ2n) is 3.85. The molecule has 1 atom stereocenters. The Hall–Kier alpha value is -2.25. The number of likely N-dealkylation sites (N-methyl/N-ethyl adjacent to an activating group) is 3. The summed E-state index contributed by atoms with van der Waals surface area (Å²) < 4.78 is 1.25. The summed E-state index contributed by atoms with van der Waals surface area (Å²) >= 11 is 0. The van der Waals surface area contributed by atoms with Gasteiger partial charge in [-0.3, -0.25) is 14.6 Å². The lowest BCUT2D eigenvalue weighted by molar-refractivity contribution is -0.504. The number of carboxylic acids is 1. The standard InChI is InChI=1S/C9H10N4O4/c1-11-4-5(10-6(11)8(15)16)12(2)9(17)13(3)7(4)14/h4H,1-3H3/p+1. The van der Waals surface area contributed by atoms with Crippen LogP contribution < -0.4 is 0 Å². The number of amides is 3. The highest BCUT2D eigenvalue weighted by Gasteiger charge is 2.53. The van der Waals surface area contributed by atoms with Crippen LogP contribution in [0.5, 0.6) is 0 Å². The highest BCUT2D eigenvalue weighted by molar-refractivity contribution is 6.38. The SMILES string of the molecule is CN1C(=O)C2C(=NC(C(=O)O)=[N+]2C)N(C)C1=O. The van der Waals surface area contributed by atoms with Crippen LogP contribution in [0.4, 0.5) is 4.79 Å². The number of imide groups is 1. The molecule has 0 aliphatic carbocycles. The molecule has 1 saturated heterocycles. The molecule has 3 amide bonds. The van der Waals surface area contributed by atoms with Gasteiger partial charge in [-0.05, 0) is 4.99 Å². The van der Waals surface area contributed by atoms with Crippen LogP contribution in [-0.4, -0.2) is 76.2 Å². The van der Waals surface area contributed by atoms with Crippen molar-refractivity contribution in [3.05, 3.63) is 0 Å². The number of carboxylic acid groups (broad SMARTS) is 1. The van der Waals surface area contributed by atoms with Crippen molar-refractivity contribution >= 4 is 29.6 Å². The molecule has 0 spiro atoms. The van der Waals surface area contributed by atoms with E-state index in [-0.39, 0.29) is 11.7 Å². The van der Waals surface area contributed by atoms with Gasteiger partial charge in [0.1, 0.15) is 0 Å². The van der Waals surface area contributed by atoms with Crippen LogP contribution in [0.25, 0.3) is 0 Å². The molecule has 1 N–H and O–H groups in total. The van der Waals surface area contributed by atoms with E-state index in [0.29, 0.717) is 0 Å². The van der Waals surface area contributed by atoms with Crippen LogP contribution in [0.3, 0.4) is 0 Å². The van der Waals surface area contributed by atoms with E-state index in [1.165, 1.54) is 30.6 Å². The van der Waals surface area contributed by atoms with E-state index in [1.54, 1.807) is 0 Å². The number of aliphatic carboxylic acids is 1. The van der Waals surface area contributed by atoms with Gasteiger partial charge in [-0.1, -0.05) is 0 Å². The van der Waals surface area contributed by atoms with E-state index in [2.05, 4.69) is 4.99 Å². The lowest BCUT2D eigenvalue weighted by atomic mass is 10.2. The highest BCUT2D eigenvalue weighted by atomic mass is 16.4. The maximum atomic E-state index is 11.9. The predicted octanol–water partition coefficient (Wildman–Crippen LogP) is -1.58. The third-order valence-electron chi connectivity index (χ3n) is 2.86. The fourth-order valence-corrected chi connectivity index (χ4v) is 1.88. The van der Waals surface area contributed by atoms with Crippen molar-refractivity contribution in [1.29, 1.82) is 0 Å². The van der Waals surface area contributed by atoms with E-state index in [4.69, 9.17) is 5.11 Å². The second kappa shape index (κ2) is 3.37. The van der Waals surface area contributed by atoms with Crippen molar-refractivity contribution in [1.82, 2.24) is 9.80 Å². The van der Waals surface area contributed by atoms with Crippen molar-refractivity contribution in [3.63, 3.8) is 0 Å². The van der Waals surface area contributed by atoms with Crippen LogP contribution in [0.15, 0.2) is 4.99 Å². The fraction of sp³-hybridized carbons (Fsp3) is 0.444. The lowest BCUT2D eigenvalue weighted by Crippen LogP contribution is -2.61. The number of rotatable bonds is 1. The number of aliphatic imine (C=N–C) groups is 1. The van der Waals surface area contributed by atoms with E-state index in [0.717, 1.165) is 4.90 Å². The summed E-state index contributed by atoms with van der Waals surface area (Å²) in [6.45, 7) is 0. The number of nitrogens with zero attached hydrogens (tertiary/aromatic N) is 4. The molecule has 2 aliphatic rings. The Labute approximate surface area is 96.4 Å². The minimum Gasteiger partial charge on any atom is -0.472 e. The Morgan fingerprint density at radius 1 is 1.35 bits per heavy atom. The van der Waals surface area contributed by atoms with Gasteiger partial charge in [-0.15, -0.1) is 0 Å². The molecule has 2 rings (SSSR count). The molecular weight excluding hydrogens is 228 g/mol. The van der Waals surface area contributed by atoms with Gasteiger partial charge in [0.15, 0.2) is 0 Å². The van der Waals surface area contributed by atoms with E-state index in [9.17, 15) is 14.4 Å². The Bertz CT molecular complexity index is 507. The van der Waals surface area contributed by atoms with Crippen molar-refractivity contribution in [3.8, 4) is 0 Å². The Balaban J connectivity index is 2.53. The molecular formula is C9H11N4O4+. The highest BCUT2D eigenvalue weighted by Crippen LogP contribution is 2.17. The molecule has 8 nitrogen and oxygen atoms in total. The molecule has 2 heterocycles. The monoisotopic (exact) mass is 239 g/mol. The summed E-state index contributed by atoms with van der Waals surface area (Å²) in [5.74, 6) is -1.80. The first kappa shape index (κ1) is 11.2. The van der Waals surface area contributed by atoms with Crippen molar-refractivity contribution in [2.24, 2.45) is 4.99 Å². The van der Waals surface area contributed by atoms with Gasteiger partial charge in [0.2, 0.25) is 0 Å². The molecule has 0 aromatic rings.